The molecule has 21 heteroatoms. The van der Waals surface area contributed by atoms with E-state index in [1.165, 1.54) is 52.5 Å². The number of nitrogens with two attached hydrogens (primary N) is 2. The number of carbonyl (C=O) groups is 7. The molecular weight excluding hydrogens is 1160 g/mol. The Balaban J connectivity index is 0.000000216. The molecule has 0 bridgehead atoms. The molecular formula is C67H65ClN6O13S. The van der Waals surface area contributed by atoms with Gasteiger partial charge in [0.15, 0.2) is 17.3 Å². The highest BCUT2D eigenvalue weighted by Gasteiger charge is 2.64. The molecule has 6 heterocycles. The maximum atomic E-state index is 14.1. The number of nitrogens with zero attached hydrogens (tertiary/aromatic N) is 4. The van der Waals surface area contributed by atoms with Gasteiger partial charge in [0.2, 0.25) is 0 Å². The lowest BCUT2D eigenvalue weighted by Crippen LogP contribution is -2.58. The zero-order chi connectivity index (χ0) is 63.1. The van der Waals surface area contributed by atoms with E-state index in [0.717, 1.165) is 22.3 Å². The number of amides is 2. The summed E-state index contributed by atoms with van der Waals surface area (Å²) < 4.78 is 27.9. The number of thiocarbonyl (C=S) groups is 1. The molecule has 0 radical (unpaired) electrons. The quantitative estimate of drug-likeness (QED) is 0.0123. The van der Waals surface area contributed by atoms with Gasteiger partial charge in [-0.1, -0.05) is 160 Å². The molecule has 4 saturated heterocycles. The van der Waals surface area contributed by atoms with E-state index in [4.69, 9.17) is 35.3 Å². The maximum absolute atomic E-state index is 14.1. The average molecular weight is 1230 g/mol. The van der Waals surface area contributed by atoms with Crippen LogP contribution in [0.2, 0.25) is 0 Å². The number of pyridine rings is 2. The summed E-state index contributed by atoms with van der Waals surface area (Å²) in [7, 11) is 0. The number of carbonyl (C=O) groups excluding carboxylic acids is 7. The number of aromatic nitrogens is 2. The first-order chi connectivity index (χ1) is 42.3. The molecule has 10 rings (SSSR count). The lowest BCUT2D eigenvalue weighted by atomic mass is 9.81. The number of halogens is 1. The van der Waals surface area contributed by atoms with Crippen molar-refractivity contribution in [1.29, 1.82) is 0 Å². The minimum atomic E-state index is -1.04. The van der Waals surface area contributed by atoms with E-state index in [-0.39, 0.29) is 54.8 Å². The lowest BCUT2D eigenvalue weighted by Gasteiger charge is -2.41. The summed E-state index contributed by atoms with van der Waals surface area (Å²) in [6.45, 7) is 10.3. The van der Waals surface area contributed by atoms with Gasteiger partial charge in [0, 0.05) is 34.4 Å². The smallest absolute Gasteiger partial charge is 0.338 e. The van der Waals surface area contributed by atoms with Crippen LogP contribution in [0.5, 0.6) is 0 Å². The largest absolute Gasteiger partial charge is 0.464 e. The maximum Gasteiger partial charge on any atom is 0.338 e. The number of hydrogen-bond donors (Lipinski definition) is 3. The van der Waals surface area contributed by atoms with Crippen LogP contribution in [0.1, 0.15) is 93.3 Å². The number of fused-ring (bicyclic) bond motifs is 2. The molecule has 4 aliphatic heterocycles. The third-order valence-electron chi connectivity index (χ3n) is 15.2. The number of rotatable bonds is 20. The SMILES string of the molecule is C=CCOC(=O)c1ccnc(/C=C2/C(=O)N3C2C[C@@](C)(CO)[C@@H]3C(=O)OC(c2ccccc2)c2ccccc2)c1.C=CCOC(=O)c1ccnc(/C=C2/C(=O)N3C2C[C@@](C)(COC(=O)CCl)[C@@H]3C(=O)OC(c2ccccc2)c2ccccc2)c1.NC(N)=S. The van der Waals surface area contributed by atoms with E-state index in [1.807, 2.05) is 121 Å². The van der Waals surface area contributed by atoms with Crippen LogP contribution < -0.4 is 11.5 Å². The van der Waals surface area contributed by atoms with Crippen molar-refractivity contribution in [2.24, 2.45) is 22.3 Å². The second-order valence-corrected chi connectivity index (χ2v) is 22.3. The zero-order valence-electron chi connectivity index (χ0n) is 48.2. The van der Waals surface area contributed by atoms with Crippen LogP contribution in [0, 0.1) is 10.8 Å². The predicted molar refractivity (Wildman–Crippen MR) is 331 cm³/mol. The van der Waals surface area contributed by atoms with Crippen LogP contribution in [-0.4, -0.2) is 128 Å². The van der Waals surface area contributed by atoms with Gasteiger partial charge < -0.3 is 50.1 Å². The van der Waals surface area contributed by atoms with Crippen molar-refractivity contribution in [1.82, 2.24) is 19.8 Å². The van der Waals surface area contributed by atoms with Crippen molar-refractivity contribution in [3.05, 3.63) is 239 Å². The van der Waals surface area contributed by atoms with E-state index >= 15 is 0 Å². The number of esters is 5. The van der Waals surface area contributed by atoms with Gasteiger partial charge in [0.05, 0.1) is 47.8 Å². The number of hydrogen-bond acceptors (Lipinski definition) is 16. The molecule has 88 heavy (non-hydrogen) atoms. The van der Waals surface area contributed by atoms with Crippen molar-refractivity contribution < 1.29 is 62.4 Å². The summed E-state index contributed by atoms with van der Waals surface area (Å²) >= 11 is 9.76. The molecule has 4 fully saturated rings. The first-order valence-electron chi connectivity index (χ1n) is 27.9. The first kappa shape index (κ1) is 64.4. The second-order valence-electron chi connectivity index (χ2n) is 21.5. The summed E-state index contributed by atoms with van der Waals surface area (Å²) in [5.74, 6) is -3.94. The van der Waals surface area contributed by atoms with Crippen LogP contribution in [0.25, 0.3) is 12.2 Å². The van der Waals surface area contributed by atoms with Crippen molar-refractivity contribution in [3.63, 3.8) is 0 Å². The predicted octanol–water partition coefficient (Wildman–Crippen LogP) is 8.22. The number of benzene rings is 4. The molecule has 4 aromatic carbocycles. The Bertz CT molecular complexity index is 3550. The van der Waals surface area contributed by atoms with Gasteiger partial charge in [0.1, 0.15) is 31.2 Å². The summed E-state index contributed by atoms with van der Waals surface area (Å²) in [6.07, 6.45) is 8.40. The average Bonchev–Trinajstić information content (AvgIpc) is 1.86. The van der Waals surface area contributed by atoms with Crippen LogP contribution in [0.3, 0.4) is 0 Å². The van der Waals surface area contributed by atoms with Crippen LogP contribution in [-0.2, 0) is 47.7 Å². The van der Waals surface area contributed by atoms with Crippen molar-refractivity contribution in [2.45, 2.75) is 63.1 Å². The van der Waals surface area contributed by atoms with Crippen LogP contribution >= 0.6 is 23.8 Å². The summed E-state index contributed by atoms with van der Waals surface area (Å²) in [5, 5.41) is 10.4. The highest BCUT2D eigenvalue weighted by atomic mass is 35.5. The molecule has 0 aliphatic carbocycles. The van der Waals surface area contributed by atoms with Gasteiger partial charge >= 0.3 is 29.8 Å². The monoisotopic (exact) mass is 1230 g/mol. The molecule has 19 nitrogen and oxygen atoms in total. The normalized spacial score (nSPS) is 21.2. The topological polar surface area (TPSA) is 270 Å². The number of aliphatic hydroxyl groups excluding tert-OH is 1. The first-order valence-corrected chi connectivity index (χ1v) is 28.8. The van der Waals surface area contributed by atoms with E-state index in [0.29, 0.717) is 40.9 Å². The Labute approximate surface area is 519 Å². The standard InChI is InChI=1S/C34H31ClN2O7.C32H30N2O6.CH4N2S/c1-3-16-42-32(40)24-14-15-36-25(17-24)18-26-27-19-34(2,21-43-28(38)20-35)30(37(27)31(26)39)33(41)44-29(22-10-6-4-7-11-22)23-12-8-5-9-13-23;1-3-16-39-30(37)23-14-15-33-24(17-23)18-25-26-19-32(2,20-35)28(34(26)29(25)36)31(38)40-27(21-10-6-4-7-11-21)22-12-8-5-9-13-22;2-1(3)4/h3-15,17-18,27,29-30H,1,16,19-21H2,2H3;3-15,17-18,26-28,35H,1,16,19-20H2,2H3;(H4,2,3,4)/b26-18+;25-18+;/t27?,30-,34-;26?,28-,32-;/m00./s1. The molecule has 6 aromatic rings. The van der Waals surface area contributed by atoms with Gasteiger partial charge in [0.25, 0.3) is 11.8 Å². The Hall–Kier alpha value is -9.63. The Morgan fingerprint density at radius 3 is 1.32 bits per heavy atom. The highest BCUT2D eigenvalue weighted by molar-refractivity contribution is 7.80. The number of alkyl halides is 1. The van der Waals surface area contributed by atoms with Crippen LogP contribution in [0.15, 0.2) is 194 Å². The molecule has 2 unspecified atom stereocenters. The van der Waals surface area contributed by atoms with Gasteiger partial charge in [-0.2, -0.15) is 0 Å². The van der Waals surface area contributed by atoms with E-state index in [2.05, 4.69) is 46.8 Å². The fourth-order valence-corrected chi connectivity index (χ4v) is 11.2. The lowest BCUT2D eigenvalue weighted by molar-refractivity contribution is -0.165. The Morgan fingerprint density at radius 2 is 0.977 bits per heavy atom. The Morgan fingerprint density at radius 1 is 0.625 bits per heavy atom. The van der Waals surface area contributed by atoms with Crippen LogP contribution in [0.4, 0.5) is 0 Å². The number of ether oxygens (including phenoxy) is 5. The second kappa shape index (κ2) is 29.2. The third kappa shape index (κ3) is 14.8. The third-order valence-corrected chi connectivity index (χ3v) is 15.4. The summed E-state index contributed by atoms with van der Waals surface area (Å²) in [4.78, 5) is 103. The van der Waals surface area contributed by atoms with Gasteiger partial charge in [-0.15, -0.1) is 11.6 Å². The number of aliphatic hydroxyl groups is 1. The van der Waals surface area contributed by atoms with Crippen molar-refractivity contribution in [3.8, 4) is 0 Å². The van der Waals surface area contributed by atoms with Crippen molar-refractivity contribution >= 4 is 82.7 Å². The van der Waals surface area contributed by atoms with Crippen molar-refractivity contribution in [2.75, 3.05) is 32.3 Å². The molecule has 0 saturated carbocycles. The molecule has 5 N–H and O–H groups in total. The van der Waals surface area contributed by atoms with Gasteiger partial charge in [-0.25, -0.2) is 19.2 Å². The Kier molecular flexibility index (Phi) is 21.3. The van der Waals surface area contributed by atoms with E-state index in [1.54, 1.807) is 32.1 Å². The molecule has 2 aromatic heterocycles. The summed E-state index contributed by atoms with van der Waals surface area (Å²) in [5.41, 5.74) is 12.8. The van der Waals surface area contributed by atoms with Gasteiger partial charge in [-0.3, -0.25) is 24.4 Å². The number of β-lactam (4-membered cyclic amide) rings is 2. The zero-order valence-corrected chi connectivity index (χ0v) is 49.8. The minimum Gasteiger partial charge on any atom is -0.464 e. The molecule has 0 spiro atoms. The molecule has 6 atom stereocenters. The fourth-order valence-electron chi connectivity index (χ4n) is 11.1. The highest BCUT2D eigenvalue weighted by Crippen LogP contribution is 2.52. The molecule has 4 aliphatic rings. The molecule has 2 amide bonds. The van der Waals surface area contributed by atoms with Gasteiger partial charge in [-0.05, 0) is 83.7 Å². The molecule has 454 valence electrons. The fraction of sp³-hybridized carbons (Fsp3) is 0.254. The summed E-state index contributed by atoms with van der Waals surface area (Å²) in [6, 6.07) is 40.7. The van der Waals surface area contributed by atoms with E-state index < -0.39 is 77.1 Å². The minimum absolute atomic E-state index is 0.000000000000000222. The van der Waals surface area contributed by atoms with E-state index in [9.17, 15) is 38.7 Å².